The molecule has 0 bridgehead atoms. The number of anilines is 3. The Morgan fingerprint density at radius 2 is 1.83 bits per heavy atom. The van der Waals surface area contributed by atoms with E-state index in [1.807, 2.05) is 32.6 Å². The lowest BCUT2D eigenvalue weighted by molar-refractivity contribution is -0.130. The summed E-state index contributed by atoms with van der Waals surface area (Å²) in [4.78, 5) is 35.6. The highest BCUT2D eigenvalue weighted by molar-refractivity contribution is 5.87. The lowest BCUT2D eigenvalue weighted by Gasteiger charge is -2.34. The Morgan fingerprint density at radius 1 is 1.08 bits per heavy atom. The molecule has 2 N–H and O–H groups in total. The first-order valence-electron chi connectivity index (χ1n) is 13.1. The van der Waals surface area contributed by atoms with Crippen molar-refractivity contribution in [2.24, 2.45) is 0 Å². The Balaban J connectivity index is 1.25. The van der Waals surface area contributed by atoms with Gasteiger partial charge < -0.3 is 20.2 Å². The first kappa shape index (κ1) is 24.9. The molecule has 2 aliphatic heterocycles. The van der Waals surface area contributed by atoms with E-state index in [2.05, 4.69) is 36.1 Å². The number of nitrogens with zero attached hydrogens (tertiary/aromatic N) is 7. The van der Waals surface area contributed by atoms with Gasteiger partial charge in [-0.1, -0.05) is 18.9 Å². The minimum atomic E-state index is -0.203. The van der Waals surface area contributed by atoms with Gasteiger partial charge in [0.15, 0.2) is 0 Å². The van der Waals surface area contributed by atoms with Crippen molar-refractivity contribution >= 4 is 23.5 Å². The molecule has 0 aromatic carbocycles. The number of aliphatic hydroxyl groups is 1. The number of hydrogen-bond acceptors (Lipinski definition) is 9. The fourth-order valence-electron chi connectivity index (χ4n) is 5.67. The monoisotopic (exact) mass is 494 g/mol. The maximum Gasteiger partial charge on any atom is 0.245 e. The third-order valence-electron chi connectivity index (χ3n) is 7.63. The van der Waals surface area contributed by atoms with Crippen LogP contribution in [0.3, 0.4) is 0 Å². The van der Waals surface area contributed by atoms with E-state index in [0.717, 1.165) is 63.5 Å². The smallest absolute Gasteiger partial charge is 0.245 e. The van der Waals surface area contributed by atoms with Crippen LogP contribution in [0.25, 0.3) is 0 Å². The molecule has 2 aromatic rings. The molecular formula is C26H38N8O2. The van der Waals surface area contributed by atoms with Crippen LogP contribution in [0.2, 0.25) is 0 Å². The first-order chi connectivity index (χ1) is 17.5. The predicted octanol–water partition coefficient (Wildman–Crippen LogP) is 1.49. The minimum absolute atomic E-state index is 0.126. The maximum absolute atomic E-state index is 13.0. The van der Waals surface area contributed by atoms with Gasteiger partial charge >= 0.3 is 0 Å². The number of aliphatic hydroxyl groups excluding tert-OH is 1. The number of pyridine rings is 1. The molecule has 1 saturated heterocycles. The number of fused-ring (bicyclic) bond motifs is 1. The second-order valence-electron chi connectivity index (χ2n) is 10.4. The van der Waals surface area contributed by atoms with Crippen LogP contribution < -0.4 is 10.2 Å². The van der Waals surface area contributed by atoms with Crippen LogP contribution in [0.4, 0.5) is 17.6 Å². The Bertz CT molecular complexity index is 1030. The number of carbonyl (C=O) groups excluding carboxylic acids is 1. The molecule has 1 aliphatic carbocycles. The van der Waals surface area contributed by atoms with Crippen LogP contribution >= 0.6 is 0 Å². The Labute approximate surface area is 213 Å². The fraction of sp³-hybridized carbons (Fsp3) is 0.615. The molecule has 0 radical (unpaired) electrons. The third-order valence-corrected chi connectivity index (χ3v) is 7.63. The summed E-state index contributed by atoms with van der Waals surface area (Å²) >= 11 is 0. The van der Waals surface area contributed by atoms with Gasteiger partial charge in [0.2, 0.25) is 11.9 Å². The van der Waals surface area contributed by atoms with E-state index in [4.69, 9.17) is 10.1 Å². The van der Waals surface area contributed by atoms with Crippen molar-refractivity contribution in [1.82, 2.24) is 29.7 Å². The summed E-state index contributed by atoms with van der Waals surface area (Å²) < 4.78 is 0. The molecule has 5 rings (SSSR count). The van der Waals surface area contributed by atoms with Crippen LogP contribution in [-0.2, 0) is 17.8 Å². The van der Waals surface area contributed by atoms with Gasteiger partial charge in [-0.2, -0.15) is 4.98 Å². The molecule has 2 fully saturated rings. The van der Waals surface area contributed by atoms with Gasteiger partial charge in [0, 0.05) is 83.8 Å². The molecule has 4 heterocycles. The molecule has 36 heavy (non-hydrogen) atoms. The van der Waals surface area contributed by atoms with Gasteiger partial charge in [0.25, 0.3) is 0 Å². The number of carbonyl (C=O) groups is 1. The number of likely N-dealkylation sites (N-methyl/N-ethyl adjacent to an activating group) is 1. The zero-order valence-electron chi connectivity index (χ0n) is 21.4. The highest BCUT2D eigenvalue weighted by Gasteiger charge is 2.41. The number of β-amino-alcohol motifs (C(OH)–C–C–N with tert-alkyl or cyclic N) is 1. The van der Waals surface area contributed by atoms with Crippen LogP contribution in [0.1, 0.15) is 36.8 Å². The van der Waals surface area contributed by atoms with Crippen LogP contribution in [0.5, 0.6) is 0 Å². The van der Waals surface area contributed by atoms with Crippen molar-refractivity contribution in [3.8, 4) is 0 Å². The Hall–Kier alpha value is -2.82. The highest BCUT2D eigenvalue weighted by atomic mass is 16.3. The number of rotatable bonds is 8. The van der Waals surface area contributed by atoms with E-state index in [1.165, 1.54) is 18.4 Å². The van der Waals surface area contributed by atoms with Gasteiger partial charge in [0.05, 0.1) is 6.61 Å². The van der Waals surface area contributed by atoms with Crippen molar-refractivity contribution in [3.05, 3.63) is 35.7 Å². The summed E-state index contributed by atoms with van der Waals surface area (Å²) in [5.74, 6) is 2.23. The summed E-state index contributed by atoms with van der Waals surface area (Å²) in [7, 11) is 3.65. The highest BCUT2D eigenvalue weighted by Crippen LogP contribution is 2.38. The summed E-state index contributed by atoms with van der Waals surface area (Å²) in [5.41, 5.74) is 2.21. The van der Waals surface area contributed by atoms with Crippen molar-refractivity contribution in [2.75, 3.05) is 63.6 Å². The normalized spacial score (nSPS) is 21.1. The number of aromatic nitrogens is 3. The van der Waals surface area contributed by atoms with Gasteiger partial charge in [-0.3, -0.25) is 14.6 Å². The standard InChI is InChI=1S/C26H38N8O2/c1-31(2)25(36)22-15-20-17-28-26(30-24(20)34(22)21-5-3-4-6-21)29-23-8-7-19(16-27-23)18-33-11-9-32(10-12-33)13-14-35/h7-8,16-17,21-22,35H,3-6,9-15,18H2,1-2H3,(H,27,28,29,30). The van der Waals surface area contributed by atoms with Crippen molar-refractivity contribution in [3.63, 3.8) is 0 Å². The molecule has 1 saturated carbocycles. The van der Waals surface area contributed by atoms with Gasteiger partial charge in [-0.15, -0.1) is 0 Å². The molecule has 1 unspecified atom stereocenters. The van der Waals surface area contributed by atoms with Gasteiger partial charge in [0.1, 0.15) is 17.7 Å². The molecule has 10 nitrogen and oxygen atoms in total. The van der Waals surface area contributed by atoms with E-state index in [-0.39, 0.29) is 18.6 Å². The second-order valence-corrected chi connectivity index (χ2v) is 10.4. The average Bonchev–Trinajstić information content (AvgIpc) is 3.53. The maximum atomic E-state index is 13.0. The average molecular weight is 495 g/mol. The Kier molecular flexibility index (Phi) is 7.64. The topological polar surface area (TPSA) is 101 Å². The zero-order valence-corrected chi connectivity index (χ0v) is 21.4. The van der Waals surface area contributed by atoms with Gasteiger partial charge in [-0.25, -0.2) is 9.97 Å². The van der Waals surface area contributed by atoms with Crippen molar-refractivity contribution < 1.29 is 9.90 Å². The SMILES string of the molecule is CN(C)C(=O)C1Cc2cnc(Nc3ccc(CN4CCN(CCO)CC4)cn3)nc2N1C1CCCC1. The second kappa shape index (κ2) is 11.1. The molecular weight excluding hydrogens is 456 g/mol. The number of piperazine rings is 1. The van der Waals surface area contributed by atoms with E-state index in [9.17, 15) is 4.79 Å². The minimum Gasteiger partial charge on any atom is -0.395 e. The van der Waals surface area contributed by atoms with Crippen molar-refractivity contribution in [1.29, 1.82) is 0 Å². The van der Waals surface area contributed by atoms with Crippen LogP contribution in [0, 0.1) is 0 Å². The number of hydrogen-bond donors (Lipinski definition) is 2. The van der Waals surface area contributed by atoms with Gasteiger partial charge in [-0.05, 0) is 24.5 Å². The van der Waals surface area contributed by atoms with E-state index in [1.54, 1.807) is 4.90 Å². The molecule has 3 aliphatic rings. The lowest BCUT2D eigenvalue weighted by atomic mass is 10.1. The van der Waals surface area contributed by atoms with Crippen molar-refractivity contribution in [2.45, 2.75) is 50.7 Å². The summed E-state index contributed by atoms with van der Waals surface area (Å²) in [5, 5.41) is 12.4. The largest absolute Gasteiger partial charge is 0.395 e. The molecule has 2 aromatic heterocycles. The summed E-state index contributed by atoms with van der Waals surface area (Å²) in [6.07, 6.45) is 9.03. The molecule has 194 valence electrons. The first-order valence-corrected chi connectivity index (χ1v) is 13.1. The van der Waals surface area contributed by atoms with Crippen LogP contribution in [0.15, 0.2) is 24.5 Å². The van der Waals surface area contributed by atoms with E-state index >= 15 is 0 Å². The van der Waals surface area contributed by atoms with E-state index in [0.29, 0.717) is 24.2 Å². The zero-order chi connectivity index (χ0) is 25.1. The van der Waals surface area contributed by atoms with E-state index < -0.39 is 0 Å². The molecule has 10 heteroatoms. The molecule has 1 atom stereocenters. The number of amides is 1. The lowest BCUT2D eigenvalue weighted by Crippen LogP contribution is -2.49. The summed E-state index contributed by atoms with van der Waals surface area (Å²) in [6.45, 7) is 5.82. The number of nitrogens with one attached hydrogen (secondary N) is 1. The summed E-state index contributed by atoms with van der Waals surface area (Å²) in [6, 6.07) is 4.22. The Morgan fingerprint density at radius 3 is 2.50 bits per heavy atom. The quantitative estimate of drug-likeness (QED) is 0.565. The predicted molar refractivity (Wildman–Crippen MR) is 139 cm³/mol. The third kappa shape index (κ3) is 5.45. The molecule has 1 amide bonds. The fourth-order valence-corrected chi connectivity index (χ4v) is 5.67. The van der Waals surface area contributed by atoms with Crippen LogP contribution in [-0.4, -0.2) is 106 Å². The molecule has 0 spiro atoms.